The lowest BCUT2D eigenvalue weighted by Crippen LogP contribution is -2.45. The number of rotatable bonds is 8. The molecule has 0 bridgehead atoms. The molecule has 1 heterocycles. The van der Waals surface area contributed by atoms with Crippen LogP contribution in [0.3, 0.4) is 0 Å². The Kier molecular flexibility index (Phi) is 12.7. The third-order valence-corrected chi connectivity index (χ3v) is 3.96. The van der Waals surface area contributed by atoms with Crippen LogP contribution in [0.25, 0.3) is 0 Å². The first-order valence-electron chi connectivity index (χ1n) is 8.00. The van der Waals surface area contributed by atoms with Crippen molar-refractivity contribution in [2.75, 3.05) is 33.2 Å². The number of hydrogen-bond donors (Lipinski definition) is 2. The van der Waals surface area contributed by atoms with Gasteiger partial charge >= 0.3 is 0 Å². The smallest absolute Gasteiger partial charge is 0.191 e. The molecule has 0 spiro atoms. The summed E-state index contributed by atoms with van der Waals surface area (Å²) in [6.07, 6.45) is 7.83. The van der Waals surface area contributed by atoms with Gasteiger partial charge < -0.3 is 10.6 Å². The van der Waals surface area contributed by atoms with Gasteiger partial charge in [0.25, 0.3) is 0 Å². The molecule has 2 N–H and O–H groups in total. The summed E-state index contributed by atoms with van der Waals surface area (Å²) in [5.74, 6) is 0.958. The van der Waals surface area contributed by atoms with Gasteiger partial charge in [0.2, 0.25) is 0 Å². The number of hydrogen-bond acceptors (Lipinski definition) is 2. The molecule has 0 amide bonds. The molecule has 0 aromatic heterocycles. The van der Waals surface area contributed by atoms with Crippen molar-refractivity contribution in [1.82, 2.24) is 15.5 Å². The maximum atomic E-state index is 4.29. The average molecular weight is 396 g/mol. The van der Waals surface area contributed by atoms with E-state index in [2.05, 4.69) is 34.4 Å². The lowest BCUT2D eigenvalue weighted by molar-refractivity contribution is 0.267. The molecule has 0 saturated carbocycles. The molecule has 4 nitrogen and oxygen atoms in total. The molecule has 1 rings (SSSR count). The van der Waals surface area contributed by atoms with E-state index < -0.39 is 0 Å². The van der Waals surface area contributed by atoms with Gasteiger partial charge in [0, 0.05) is 26.2 Å². The van der Waals surface area contributed by atoms with Gasteiger partial charge in [-0.1, -0.05) is 33.1 Å². The van der Waals surface area contributed by atoms with Crippen molar-refractivity contribution < 1.29 is 0 Å². The molecular weight excluding hydrogens is 363 g/mol. The zero-order chi connectivity index (χ0) is 13.9. The van der Waals surface area contributed by atoms with Crippen LogP contribution < -0.4 is 10.6 Å². The summed E-state index contributed by atoms with van der Waals surface area (Å²) in [4.78, 5) is 6.85. The van der Waals surface area contributed by atoms with Gasteiger partial charge in [-0.2, -0.15) is 0 Å². The summed E-state index contributed by atoms with van der Waals surface area (Å²) in [6, 6.07) is 0.684. The molecule has 0 aliphatic carbocycles. The van der Waals surface area contributed by atoms with E-state index in [0.717, 1.165) is 25.6 Å². The molecule has 1 unspecified atom stereocenters. The Balaban J connectivity index is 0.00000361. The van der Waals surface area contributed by atoms with Crippen molar-refractivity contribution in [3.8, 4) is 0 Å². The Morgan fingerprint density at radius 1 is 1.20 bits per heavy atom. The quantitative estimate of drug-likeness (QED) is 0.287. The molecule has 1 aliphatic rings. The number of likely N-dealkylation sites (N-methyl/N-ethyl adjacent to an activating group) is 1. The van der Waals surface area contributed by atoms with Crippen LogP contribution in [0.4, 0.5) is 0 Å². The highest BCUT2D eigenvalue weighted by Gasteiger charge is 2.22. The Hall–Kier alpha value is -0.0400. The van der Waals surface area contributed by atoms with E-state index in [1.165, 1.54) is 45.1 Å². The topological polar surface area (TPSA) is 39.7 Å². The SMILES string of the molecule is CCCCCCNC(=NC)NCC1CCCN1CC.I. The van der Waals surface area contributed by atoms with Gasteiger partial charge in [-0.05, 0) is 32.4 Å². The van der Waals surface area contributed by atoms with Gasteiger partial charge in [0.15, 0.2) is 5.96 Å². The second-order valence-corrected chi connectivity index (χ2v) is 5.37. The number of unbranched alkanes of at least 4 members (excludes halogenated alkanes) is 3. The van der Waals surface area contributed by atoms with Crippen LogP contribution in [0.5, 0.6) is 0 Å². The van der Waals surface area contributed by atoms with Crippen molar-refractivity contribution in [2.24, 2.45) is 4.99 Å². The number of halogens is 1. The van der Waals surface area contributed by atoms with Gasteiger partial charge in [0.05, 0.1) is 0 Å². The first-order chi connectivity index (χ1) is 9.31. The van der Waals surface area contributed by atoms with E-state index in [9.17, 15) is 0 Å². The fourth-order valence-corrected chi connectivity index (χ4v) is 2.74. The van der Waals surface area contributed by atoms with Crippen LogP contribution in [0, 0.1) is 0 Å². The monoisotopic (exact) mass is 396 g/mol. The predicted octanol–water partition coefficient (Wildman–Crippen LogP) is 2.83. The molecule has 1 saturated heterocycles. The molecule has 120 valence electrons. The van der Waals surface area contributed by atoms with Crippen LogP contribution >= 0.6 is 24.0 Å². The fraction of sp³-hybridized carbons (Fsp3) is 0.933. The summed E-state index contributed by atoms with van der Waals surface area (Å²) in [5.41, 5.74) is 0. The molecule has 0 aromatic carbocycles. The minimum atomic E-state index is 0. The van der Waals surface area contributed by atoms with E-state index in [0.29, 0.717) is 6.04 Å². The van der Waals surface area contributed by atoms with Crippen molar-refractivity contribution in [3.05, 3.63) is 0 Å². The summed E-state index contributed by atoms with van der Waals surface area (Å²) in [5, 5.41) is 6.87. The summed E-state index contributed by atoms with van der Waals surface area (Å²) < 4.78 is 0. The predicted molar refractivity (Wildman–Crippen MR) is 99.2 cm³/mol. The highest BCUT2D eigenvalue weighted by atomic mass is 127. The van der Waals surface area contributed by atoms with Crippen molar-refractivity contribution in [1.29, 1.82) is 0 Å². The molecular formula is C15H33IN4. The molecule has 1 fully saturated rings. The first kappa shape index (κ1) is 20.0. The second kappa shape index (κ2) is 12.7. The van der Waals surface area contributed by atoms with Crippen molar-refractivity contribution in [2.45, 2.75) is 58.4 Å². The number of guanidine groups is 1. The Morgan fingerprint density at radius 2 is 2.00 bits per heavy atom. The van der Waals surface area contributed by atoms with Gasteiger partial charge in [0.1, 0.15) is 0 Å². The first-order valence-corrected chi connectivity index (χ1v) is 8.00. The Morgan fingerprint density at radius 3 is 2.65 bits per heavy atom. The van der Waals surface area contributed by atoms with Crippen molar-refractivity contribution in [3.63, 3.8) is 0 Å². The van der Waals surface area contributed by atoms with E-state index >= 15 is 0 Å². The summed E-state index contributed by atoms with van der Waals surface area (Å²) in [6.45, 7) is 8.96. The molecule has 0 aromatic rings. The lowest BCUT2D eigenvalue weighted by Gasteiger charge is -2.23. The third-order valence-electron chi connectivity index (χ3n) is 3.96. The van der Waals surface area contributed by atoms with Crippen LogP contribution in [0.2, 0.25) is 0 Å². The van der Waals surface area contributed by atoms with E-state index in [4.69, 9.17) is 0 Å². The molecule has 5 heteroatoms. The molecule has 1 aliphatic heterocycles. The Bertz CT molecular complexity index is 258. The van der Waals surface area contributed by atoms with Gasteiger partial charge in [-0.3, -0.25) is 9.89 Å². The molecule has 1 atom stereocenters. The number of nitrogens with zero attached hydrogens (tertiary/aromatic N) is 2. The number of aliphatic imine (C=N–C) groups is 1. The molecule has 20 heavy (non-hydrogen) atoms. The zero-order valence-corrected chi connectivity index (χ0v) is 15.8. The minimum Gasteiger partial charge on any atom is -0.356 e. The van der Waals surface area contributed by atoms with Crippen molar-refractivity contribution >= 4 is 29.9 Å². The van der Waals surface area contributed by atoms with Crippen LogP contribution in [0.1, 0.15) is 52.4 Å². The molecule has 0 radical (unpaired) electrons. The fourth-order valence-electron chi connectivity index (χ4n) is 2.74. The third kappa shape index (κ3) is 7.67. The van der Waals surface area contributed by atoms with Crippen LogP contribution in [0.15, 0.2) is 4.99 Å². The summed E-state index contributed by atoms with van der Waals surface area (Å²) >= 11 is 0. The Labute approximate surface area is 142 Å². The maximum absolute atomic E-state index is 4.29. The maximum Gasteiger partial charge on any atom is 0.191 e. The average Bonchev–Trinajstić information content (AvgIpc) is 2.89. The van der Waals surface area contributed by atoms with E-state index in [-0.39, 0.29) is 24.0 Å². The second-order valence-electron chi connectivity index (χ2n) is 5.37. The zero-order valence-electron chi connectivity index (χ0n) is 13.5. The minimum absolute atomic E-state index is 0. The van der Waals surface area contributed by atoms with Gasteiger partial charge in [-0.15, -0.1) is 24.0 Å². The largest absolute Gasteiger partial charge is 0.356 e. The number of likely N-dealkylation sites (tertiary alicyclic amines) is 1. The number of nitrogens with one attached hydrogen (secondary N) is 2. The standard InChI is InChI=1S/C15H32N4.HI/c1-4-6-7-8-11-17-15(16-3)18-13-14-10-9-12-19(14)5-2;/h14H,4-13H2,1-3H3,(H2,16,17,18);1H. The highest BCUT2D eigenvalue weighted by Crippen LogP contribution is 2.15. The van der Waals surface area contributed by atoms with E-state index in [1.54, 1.807) is 0 Å². The van der Waals surface area contributed by atoms with Gasteiger partial charge in [-0.25, -0.2) is 0 Å². The normalized spacial score (nSPS) is 19.8. The van der Waals surface area contributed by atoms with Crippen LogP contribution in [-0.4, -0.2) is 50.1 Å². The van der Waals surface area contributed by atoms with Crippen LogP contribution in [-0.2, 0) is 0 Å². The van der Waals surface area contributed by atoms with E-state index in [1.807, 2.05) is 7.05 Å². The lowest BCUT2D eigenvalue weighted by atomic mass is 10.2. The highest BCUT2D eigenvalue weighted by molar-refractivity contribution is 14.0. The summed E-state index contributed by atoms with van der Waals surface area (Å²) in [7, 11) is 1.85.